The summed E-state index contributed by atoms with van der Waals surface area (Å²) < 4.78 is 1.88. The van der Waals surface area contributed by atoms with Gasteiger partial charge in [0.2, 0.25) is 0 Å². The molecule has 0 aliphatic carbocycles. The normalized spacial score (nSPS) is 14.5. The van der Waals surface area contributed by atoms with E-state index in [-0.39, 0.29) is 5.91 Å². The lowest BCUT2D eigenvalue weighted by molar-refractivity contribution is 0.0737. The Bertz CT molecular complexity index is 1160. The molecule has 0 radical (unpaired) electrons. The molecule has 1 aliphatic rings. The number of hydrogen-bond donors (Lipinski definition) is 0. The van der Waals surface area contributed by atoms with Gasteiger partial charge in [0.25, 0.3) is 5.91 Å². The van der Waals surface area contributed by atoms with Gasteiger partial charge in [-0.1, -0.05) is 24.3 Å². The van der Waals surface area contributed by atoms with Crippen molar-refractivity contribution in [3.63, 3.8) is 0 Å². The Morgan fingerprint density at radius 3 is 2.55 bits per heavy atom. The van der Waals surface area contributed by atoms with Crippen LogP contribution in [0.25, 0.3) is 21.3 Å². The SMILES string of the molecule is Cn1cccc1C(=O)N1CCN(c2ccc3cccc(-c4cccs4)c3n2)CC1. The highest BCUT2D eigenvalue weighted by atomic mass is 32.1. The molecule has 1 aliphatic heterocycles. The second-order valence-electron chi connectivity index (χ2n) is 7.31. The van der Waals surface area contributed by atoms with Crippen molar-refractivity contribution in [2.24, 2.45) is 7.05 Å². The molecule has 1 saturated heterocycles. The van der Waals surface area contributed by atoms with Gasteiger partial charge in [0, 0.05) is 55.3 Å². The third kappa shape index (κ3) is 3.29. The summed E-state index contributed by atoms with van der Waals surface area (Å²) in [5.41, 5.74) is 2.95. The van der Waals surface area contributed by atoms with Crippen molar-refractivity contribution < 1.29 is 4.79 Å². The lowest BCUT2D eigenvalue weighted by Gasteiger charge is -2.35. The molecule has 6 heteroatoms. The number of rotatable bonds is 3. The van der Waals surface area contributed by atoms with Crippen LogP contribution in [-0.4, -0.2) is 46.5 Å². The molecule has 5 nitrogen and oxygen atoms in total. The zero-order chi connectivity index (χ0) is 19.8. The number of fused-ring (bicyclic) bond motifs is 1. The molecule has 1 fully saturated rings. The average Bonchev–Trinajstić information content (AvgIpc) is 3.44. The predicted octanol–water partition coefficient (Wildman–Crippen LogP) is 4.26. The number of aryl methyl sites for hydroxylation is 1. The summed E-state index contributed by atoms with van der Waals surface area (Å²) in [6, 6.07) is 18.6. The van der Waals surface area contributed by atoms with Crippen LogP contribution in [-0.2, 0) is 7.05 Å². The predicted molar refractivity (Wildman–Crippen MR) is 119 cm³/mol. The third-order valence-electron chi connectivity index (χ3n) is 5.55. The number of piperazine rings is 1. The quantitative estimate of drug-likeness (QED) is 0.514. The summed E-state index contributed by atoms with van der Waals surface area (Å²) >= 11 is 1.74. The Hall–Kier alpha value is -3.12. The van der Waals surface area contributed by atoms with E-state index in [1.165, 1.54) is 10.4 Å². The van der Waals surface area contributed by atoms with Crippen LogP contribution in [0.4, 0.5) is 5.82 Å². The van der Waals surface area contributed by atoms with Gasteiger partial charge in [-0.3, -0.25) is 4.79 Å². The molecule has 0 spiro atoms. The topological polar surface area (TPSA) is 41.4 Å². The first-order chi connectivity index (χ1) is 14.2. The summed E-state index contributed by atoms with van der Waals surface area (Å²) in [5, 5.41) is 3.25. The number of pyridine rings is 1. The van der Waals surface area contributed by atoms with E-state index >= 15 is 0 Å². The molecule has 0 N–H and O–H groups in total. The fourth-order valence-corrected chi connectivity index (χ4v) is 4.68. The van der Waals surface area contributed by atoms with E-state index in [0.29, 0.717) is 13.1 Å². The molecule has 1 aromatic carbocycles. The van der Waals surface area contributed by atoms with Crippen LogP contribution in [0.5, 0.6) is 0 Å². The van der Waals surface area contributed by atoms with Crippen LogP contribution in [0.3, 0.4) is 0 Å². The number of benzene rings is 1. The van der Waals surface area contributed by atoms with Gasteiger partial charge in [0.05, 0.1) is 5.52 Å². The van der Waals surface area contributed by atoms with Crippen molar-refractivity contribution in [3.05, 3.63) is 71.9 Å². The van der Waals surface area contributed by atoms with E-state index in [1.54, 1.807) is 11.3 Å². The highest BCUT2D eigenvalue weighted by molar-refractivity contribution is 7.13. The number of carbonyl (C=O) groups excluding carboxylic acids is 1. The van der Waals surface area contributed by atoms with Crippen molar-refractivity contribution in [1.29, 1.82) is 0 Å². The fourth-order valence-electron chi connectivity index (χ4n) is 3.93. The second-order valence-corrected chi connectivity index (χ2v) is 8.26. The van der Waals surface area contributed by atoms with Crippen molar-refractivity contribution in [3.8, 4) is 10.4 Å². The molecule has 0 atom stereocenters. The standard InChI is InChI=1S/C23H22N4OS/c1-25-11-3-7-19(25)23(28)27-14-12-26(13-15-27)21-10-9-17-5-2-6-18(22(17)24-21)20-8-4-16-29-20/h2-11,16H,12-15H2,1H3. The van der Waals surface area contributed by atoms with Gasteiger partial charge >= 0.3 is 0 Å². The number of para-hydroxylation sites is 1. The van der Waals surface area contributed by atoms with Gasteiger partial charge in [0.1, 0.15) is 11.5 Å². The third-order valence-corrected chi connectivity index (χ3v) is 6.45. The number of carbonyl (C=O) groups is 1. The van der Waals surface area contributed by atoms with Gasteiger partial charge in [0.15, 0.2) is 0 Å². The zero-order valence-electron chi connectivity index (χ0n) is 16.3. The zero-order valence-corrected chi connectivity index (χ0v) is 17.1. The average molecular weight is 403 g/mol. The number of thiophene rings is 1. The molecule has 146 valence electrons. The van der Waals surface area contributed by atoms with Crippen LogP contribution < -0.4 is 4.90 Å². The second kappa shape index (κ2) is 7.37. The number of hydrogen-bond acceptors (Lipinski definition) is 4. The largest absolute Gasteiger partial charge is 0.353 e. The van der Waals surface area contributed by atoms with Crippen molar-refractivity contribution in [2.75, 3.05) is 31.1 Å². The Morgan fingerprint density at radius 2 is 1.83 bits per heavy atom. The van der Waals surface area contributed by atoms with Crippen LogP contribution in [0.15, 0.2) is 66.2 Å². The fraction of sp³-hybridized carbons (Fsp3) is 0.217. The summed E-state index contributed by atoms with van der Waals surface area (Å²) in [5.74, 6) is 1.08. The minimum Gasteiger partial charge on any atom is -0.353 e. The minimum atomic E-state index is 0.101. The minimum absolute atomic E-state index is 0.101. The number of anilines is 1. The molecule has 1 amide bonds. The molecular formula is C23H22N4OS. The van der Waals surface area contributed by atoms with Crippen LogP contribution in [0.2, 0.25) is 0 Å². The smallest absolute Gasteiger partial charge is 0.270 e. The first kappa shape index (κ1) is 17.9. The molecule has 5 rings (SSSR count). The van der Waals surface area contributed by atoms with Gasteiger partial charge in [-0.05, 0) is 35.7 Å². The highest BCUT2D eigenvalue weighted by Gasteiger charge is 2.24. The van der Waals surface area contributed by atoms with E-state index in [2.05, 4.69) is 52.7 Å². The molecule has 0 bridgehead atoms. The Labute approximate surface area is 173 Å². The van der Waals surface area contributed by atoms with Gasteiger partial charge in [-0.25, -0.2) is 4.98 Å². The number of amides is 1. The number of nitrogens with zero attached hydrogens (tertiary/aromatic N) is 4. The van der Waals surface area contributed by atoms with Crippen molar-refractivity contribution in [2.45, 2.75) is 0 Å². The van der Waals surface area contributed by atoms with Gasteiger partial charge < -0.3 is 14.4 Å². The summed E-state index contributed by atoms with van der Waals surface area (Å²) in [7, 11) is 1.91. The number of aromatic nitrogens is 2. The van der Waals surface area contributed by atoms with Gasteiger partial charge in [-0.2, -0.15) is 0 Å². The van der Waals surface area contributed by atoms with E-state index in [0.717, 1.165) is 35.5 Å². The Balaban J connectivity index is 1.38. The van der Waals surface area contributed by atoms with E-state index < -0.39 is 0 Å². The lowest BCUT2D eigenvalue weighted by Crippen LogP contribution is -2.49. The van der Waals surface area contributed by atoms with Crippen molar-refractivity contribution in [1.82, 2.24) is 14.5 Å². The van der Waals surface area contributed by atoms with E-state index in [4.69, 9.17) is 4.98 Å². The first-order valence-corrected chi connectivity index (χ1v) is 10.7. The van der Waals surface area contributed by atoms with E-state index in [1.807, 2.05) is 34.8 Å². The maximum Gasteiger partial charge on any atom is 0.270 e. The lowest BCUT2D eigenvalue weighted by atomic mass is 10.1. The molecule has 0 saturated carbocycles. The van der Waals surface area contributed by atoms with Crippen molar-refractivity contribution >= 4 is 34.0 Å². The maximum atomic E-state index is 12.7. The summed E-state index contributed by atoms with van der Waals surface area (Å²) in [4.78, 5) is 23.2. The monoisotopic (exact) mass is 402 g/mol. The molecule has 4 aromatic rings. The molecular weight excluding hydrogens is 380 g/mol. The Kier molecular flexibility index (Phi) is 4.56. The Morgan fingerprint density at radius 1 is 0.966 bits per heavy atom. The maximum absolute atomic E-state index is 12.7. The van der Waals surface area contributed by atoms with E-state index in [9.17, 15) is 4.79 Å². The first-order valence-electron chi connectivity index (χ1n) is 9.80. The van der Waals surface area contributed by atoms with Crippen LogP contribution in [0, 0.1) is 0 Å². The van der Waals surface area contributed by atoms with Gasteiger partial charge in [-0.15, -0.1) is 11.3 Å². The molecule has 3 aromatic heterocycles. The molecule has 29 heavy (non-hydrogen) atoms. The summed E-state index contributed by atoms with van der Waals surface area (Å²) in [6.07, 6.45) is 1.91. The molecule has 0 unspecified atom stereocenters. The van der Waals surface area contributed by atoms with Crippen LogP contribution >= 0.6 is 11.3 Å². The highest BCUT2D eigenvalue weighted by Crippen LogP contribution is 2.32. The molecule has 4 heterocycles. The summed E-state index contributed by atoms with van der Waals surface area (Å²) in [6.45, 7) is 2.98. The van der Waals surface area contributed by atoms with Crippen LogP contribution in [0.1, 0.15) is 10.5 Å².